The van der Waals surface area contributed by atoms with Crippen LogP contribution in [0, 0.1) is 5.41 Å². The topological polar surface area (TPSA) is 79.8 Å². The molecular weight excluding hydrogens is 314 g/mol. The minimum Gasteiger partial charge on any atom is -0.385 e. The van der Waals surface area contributed by atoms with Crippen molar-refractivity contribution < 1.29 is 13.2 Å². The molecule has 1 fully saturated rings. The monoisotopic (exact) mass is 347 g/mol. The van der Waals surface area contributed by atoms with Crippen LogP contribution in [0.4, 0.5) is 0 Å². The number of nitrogens with one attached hydrogen (secondary N) is 2. The average Bonchev–Trinajstić information content (AvgIpc) is 2.43. The Labute approximate surface area is 141 Å². The van der Waals surface area contributed by atoms with Crippen molar-refractivity contribution in [1.29, 1.82) is 0 Å². The van der Waals surface area contributed by atoms with Crippen molar-refractivity contribution in [2.75, 3.05) is 38.8 Å². The molecule has 0 saturated heterocycles. The SMILES string of the molecule is CCNC(=NCC1(CCOC)CCC1)NC(C)CCS(C)(=O)=O. The van der Waals surface area contributed by atoms with Crippen LogP contribution >= 0.6 is 0 Å². The highest BCUT2D eigenvalue weighted by atomic mass is 32.2. The lowest BCUT2D eigenvalue weighted by atomic mass is 9.67. The van der Waals surface area contributed by atoms with Gasteiger partial charge in [0.05, 0.1) is 5.75 Å². The second kappa shape index (κ2) is 9.47. The molecule has 0 radical (unpaired) electrons. The normalized spacial score (nSPS) is 19.0. The van der Waals surface area contributed by atoms with Gasteiger partial charge in [-0.3, -0.25) is 4.99 Å². The number of aliphatic imine (C=N–C) groups is 1. The predicted molar refractivity (Wildman–Crippen MR) is 95.7 cm³/mol. The summed E-state index contributed by atoms with van der Waals surface area (Å²) in [5, 5.41) is 6.56. The zero-order valence-electron chi connectivity index (χ0n) is 15.0. The first kappa shape index (κ1) is 20.2. The van der Waals surface area contributed by atoms with Crippen LogP contribution in [-0.2, 0) is 14.6 Å². The van der Waals surface area contributed by atoms with E-state index in [2.05, 4.69) is 10.6 Å². The van der Waals surface area contributed by atoms with Gasteiger partial charge in [-0.05, 0) is 44.9 Å². The van der Waals surface area contributed by atoms with Crippen LogP contribution in [-0.4, -0.2) is 59.2 Å². The quantitative estimate of drug-likeness (QED) is 0.463. The van der Waals surface area contributed by atoms with Crippen molar-refractivity contribution in [2.45, 2.75) is 52.0 Å². The van der Waals surface area contributed by atoms with Gasteiger partial charge in [0.1, 0.15) is 9.84 Å². The summed E-state index contributed by atoms with van der Waals surface area (Å²) in [6, 6.07) is 0.0684. The van der Waals surface area contributed by atoms with E-state index in [0.717, 1.165) is 32.1 Å². The maximum atomic E-state index is 11.3. The third kappa shape index (κ3) is 8.01. The Kier molecular flexibility index (Phi) is 8.33. The second-order valence-electron chi connectivity index (χ2n) is 6.76. The Hall–Kier alpha value is -0.820. The molecule has 1 saturated carbocycles. The molecule has 0 aromatic rings. The molecule has 1 atom stereocenters. The lowest BCUT2D eigenvalue weighted by Crippen LogP contribution is -2.44. The summed E-state index contributed by atoms with van der Waals surface area (Å²) in [4.78, 5) is 4.73. The molecule has 2 N–H and O–H groups in total. The number of ether oxygens (including phenoxy) is 1. The lowest BCUT2D eigenvalue weighted by molar-refractivity contribution is 0.0778. The zero-order chi connectivity index (χ0) is 17.3. The van der Waals surface area contributed by atoms with E-state index in [0.29, 0.717) is 6.42 Å². The summed E-state index contributed by atoms with van der Waals surface area (Å²) in [5.41, 5.74) is 0.286. The second-order valence-corrected chi connectivity index (χ2v) is 9.02. The fourth-order valence-electron chi connectivity index (χ4n) is 2.75. The van der Waals surface area contributed by atoms with Gasteiger partial charge in [0, 0.05) is 39.1 Å². The van der Waals surface area contributed by atoms with Gasteiger partial charge >= 0.3 is 0 Å². The molecule has 0 heterocycles. The Morgan fingerprint density at radius 3 is 2.57 bits per heavy atom. The van der Waals surface area contributed by atoms with Gasteiger partial charge < -0.3 is 15.4 Å². The molecule has 0 aromatic heterocycles. The highest BCUT2D eigenvalue weighted by Gasteiger charge is 2.36. The van der Waals surface area contributed by atoms with Crippen molar-refractivity contribution in [3.8, 4) is 0 Å². The highest BCUT2D eigenvalue weighted by Crippen LogP contribution is 2.44. The van der Waals surface area contributed by atoms with E-state index in [1.54, 1.807) is 7.11 Å². The summed E-state index contributed by atoms with van der Waals surface area (Å²) in [6.07, 6.45) is 6.60. The molecule has 6 nitrogen and oxygen atoms in total. The lowest BCUT2D eigenvalue weighted by Gasteiger charge is -2.41. The van der Waals surface area contributed by atoms with E-state index in [-0.39, 0.29) is 17.2 Å². The summed E-state index contributed by atoms with van der Waals surface area (Å²) in [7, 11) is -1.18. The van der Waals surface area contributed by atoms with E-state index < -0.39 is 9.84 Å². The molecule has 1 aliphatic carbocycles. The van der Waals surface area contributed by atoms with Crippen LogP contribution in [0.5, 0.6) is 0 Å². The molecule has 0 bridgehead atoms. The van der Waals surface area contributed by atoms with Crippen molar-refractivity contribution in [3.63, 3.8) is 0 Å². The van der Waals surface area contributed by atoms with Crippen LogP contribution in [0.25, 0.3) is 0 Å². The summed E-state index contributed by atoms with van der Waals surface area (Å²) in [5.74, 6) is 0.968. The third-order valence-electron chi connectivity index (χ3n) is 4.47. The maximum Gasteiger partial charge on any atom is 0.191 e. The van der Waals surface area contributed by atoms with Gasteiger partial charge in [-0.1, -0.05) is 6.42 Å². The van der Waals surface area contributed by atoms with Gasteiger partial charge in [0.15, 0.2) is 5.96 Å². The Morgan fingerprint density at radius 1 is 1.39 bits per heavy atom. The first-order valence-corrected chi connectivity index (χ1v) is 10.6. The van der Waals surface area contributed by atoms with Crippen molar-refractivity contribution >= 4 is 15.8 Å². The summed E-state index contributed by atoms with van der Waals surface area (Å²) < 4.78 is 27.8. The molecule has 1 rings (SSSR count). The molecule has 1 unspecified atom stereocenters. The minimum atomic E-state index is -2.92. The van der Waals surface area contributed by atoms with Crippen molar-refractivity contribution in [3.05, 3.63) is 0 Å². The molecule has 136 valence electrons. The fraction of sp³-hybridized carbons (Fsp3) is 0.938. The van der Waals surface area contributed by atoms with Crippen LogP contribution in [0.1, 0.15) is 46.0 Å². The molecular formula is C16H33N3O3S. The fourth-order valence-corrected chi connectivity index (χ4v) is 3.53. The molecule has 1 aliphatic rings. The van der Waals surface area contributed by atoms with E-state index in [1.165, 1.54) is 25.5 Å². The molecule has 0 amide bonds. The number of sulfone groups is 1. The van der Waals surface area contributed by atoms with Crippen LogP contribution in [0.2, 0.25) is 0 Å². The van der Waals surface area contributed by atoms with Gasteiger partial charge in [0.2, 0.25) is 0 Å². The number of methoxy groups -OCH3 is 1. The number of hydrogen-bond donors (Lipinski definition) is 2. The molecule has 0 aromatic carbocycles. The molecule has 0 spiro atoms. The van der Waals surface area contributed by atoms with Gasteiger partial charge in [-0.2, -0.15) is 0 Å². The maximum absolute atomic E-state index is 11.3. The molecule has 0 aliphatic heterocycles. The van der Waals surface area contributed by atoms with Crippen LogP contribution in [0.3, 0.4) is 0 Å². The van der Waals surface area contributed by atoms with Gasteiger partial charge in [-0.25, -0.2) is 8.42 Å². The Bertz CT molecular complexity index is 473. The number of guanidine groups is 1. The predicted octanol–water partition coefficient (Wildman–Crippen LogP) is 1.57. The molecule has 7 heteroatoms. The van der Waals surface area contributed by atoms with Crippen molar-refractivity contribution in [1.82, 2.24) is 10.6 Å². The van der Waals surface area contributed by atoms with Crippen LogP contribution < -0.4 is 10.6 Å². The summed E-state index contributed by atoms with van der Waals surface area (Å²) in [6.45, 7) is 6.38. The van der Waals surface area contributed by atoms with Gasteiger partial charge in [-0.15, -0.1) is 0 Å². The minimum absolute atomic E-state index is 0.0684. The number of rotatable bonds is 10. The highest BCUT2D eigenvalue weighted by molar-refractivity contribution is 7.90. The van der Waals surface area contributed by atoms with Crippen LogP contribution in [0.15, 0.2) is 4.99 Å². The largest absolute Gasteiger partial charge is 0.385 e. The first-order valence-electron chi connectivity index (χ1n) is 8.52. The smallest absolute Gasteiger partial charge is 0.191 e. The first-order chi connectivity index (χ1) is 10.8. The Balaban J connectivity index is 2.55. The average molecular weight is 348 g/mol. The van der Waals surface area contributed by atoms with E-state index in [4.69, 9.17) is 9.73 Å². The third-order valence-corrected chi connectivity index (χ3v) is 5.45. The van der Waals surface area contributed by atoms with E-state index >= 15 is 0 Å². The van der Waals surface area contributed by atoms with E-state index in [9.17, 15) is 8.42 Å². The van der Waals surface area contributed by atoms with Gasteiger partial charge in [0.25, 0.3) is 0 Å². The standard InChI is InChI=1S/C16H33N3O3S/c1-5-17-15(19-14(2)7-12-23(4,20)21)18-13-16(8-6-9-16)10-11-22-3/h14H,5-13H2,1-4H3,(H2,17,18,19). The molecule has 23 heavy (non-hydrogen) atoms. The number of hydrogen-bond acceptors (Lipinski definition) is 4. The Morgan fingerprint density at radius 2 is 2.09 bits per heavy atom. The van der Waals surface area contributed by atoms with E-state index in [1.807, 2.05) is 13.8 Å². The zero-order valence-corrected chi connectivity index (χ0v) is 15.8. The summed E-state index contributed by atoms with van der Waals surface area (Å²) >= 11 is 0. The number of nitrogens with zero attached hydrogens (tertiary/aromatic N) is 1. The van der Waals surface area contributed by atoms with Crippen molar-refractivity contribution in [2.24, 2.45) is 10.4 Å².